The Morgan fingerprint density at radius 2 is 1.79 bits per heavy atom. The summed E-state index contributed by atoms with van der Waals surface area (Å²) in [5, 5.41) is 2.62. The predicted molar refractivity (Wildman–Crippen MR) is 118 cm³/mol. The third-order valence-electron chi connectivity index (χ3n) is 4.96. The van der Waals surface area contributed by atoms with Crippen molar-refractivity contribution in [1.29, 1.82) is 0 Å². The van der Waals surface area contributed by atoms with Gasteiger partial charge in [-0.25, -0.2) is 17.8 Å². The standard InChI is InChI=1S/C21H26F4N4O3S/c1-5-29(6-2)19-14(10-11-17(27-19)21(23,24)25)12-26-20(30)13(3)15-8-7-9-16(22)18(15)28-33(4,31)32/h7-11,13,28H,5-6,12H2,1-4H3,(H,26,30). The molecule has 0 radical (unpaired) electrons. The highest BCUT2D eigenvalue weighted by Crippen LogP contribution is 2.31. The Hall–Kier alpha value is -2.89. The number of aromatic nitrogens is 1. The molecule has 182 valence electrons. The molecule has 0 aliphatic rings. The van der Waals surface area contributed by atoms with Crippen molar-refractivity contribution in [2.45, 2.75) is 39.4 Å². The summed E-state index contributed by atoms with van der Waals surface area (Å²) in [7, 11) is -3.80. The van der Waals surface area contributed by atoms with Crippen LogP contribution in [-0.4, -0.2) is 38.7 Å². The van der Waals surface area contributed by atoms with Gasteiger partial charge in [-0.2, -0.15) is 13.2 Å². The minimum atomic E-state index is -4.61. The van der Waals surface area contributed by atoms with Crippen LogP contribution in [0.5, 0.6) is 0 Å². The van der Waals surface area contributed by atoms with E-state index in [2.05, 4.69) is 15.0 Å². The lowest BCUT2D eigenvalue weighted by molar-refractivity contribution is -0.141. The molecule has 33 heavy (non-hydrogen) atoms. The summed E-state index contributed by atoms with van der Waals surface area (Å²) >= 11 is 0. The second-order valence-corrected chi connectivity index (χ2v) is 9.12. The maximum absolute atomic E-state index is 14.2. The normalized spacial score (nSPS) is 12.8. The molecule has 1 unspecified atom stereocenters. The van der Waals surface area contributed by atoms with Crippen LogP contribution in [0, 0.1) is 5.82 Å². The zero-order valence-corrected chi connectivity index (χ0v) is 19.4. The molecule has 0 spiro atoms. The maximum atomic E-state index is 14.2. The molecule has 0 bridgehead atoms. The van der Waals surface area contributed by atoms with Crippen molar-refractivity contribution < 1.29 is 30.8 Å². The molecular formula is C21H26F4N4O3S. The first-order chi connectivity index (χ1) is 15.3. The number of nitrogens with one attached hydrogen (secondary N) is 2. The zero-order valence-electron chi connectivity index (χ0n) is 18.6. The topological polar surface area (TPSA) is 91.4 Å². The summed E-state index contributed by atoms with van der Waals surface area (Å²) in [5.74, 6) is -2.26. The van der Waals surface area contributed by atoms with Gasteiger partial charge in [0.25, 0.3) is 0 Å². The van der Waals surface area contributed by atoms with E-state index in [-0.39, 0.29) is 23.6 Å². The number of pyridine rings is 1. The Labute approximate surface area is 190 Å². The molecular weight excluding hydrogens is 464 g/mol. The highest BCUT2D eigenvalue weighted by Gasteiger charge is 2.33. The molecule has 12 heteroatoms. The van der Waals surface area contributed by atoms with Gasteiger partial charge in [0.15, 0.2) is 0 Å². The number of halogens is 4. The summed E-state index contributed by atoms with van der Waals surface area (Å²) in [6.07, 6.45) is -3.75. The molecule has 0 saturated carbocycles. The Balaban J connectivity index is 2.30. The van der Waals surface area contributed by atoms with Crippen LogP contribution in [-0.2, 0) is 27.5 Å². The van der Waals surface area contributed by atoms with Crippen molar-refractivity contribution in [1.82, 2.24) is 10.3 Å². The van der Waals surface area contributed by atoms with Crippen LogP contribution in [0.2, 0.25) is 0 Å². The van der Waals surface area contributed by atoms with E-state index in [0.29, 0.717) is 18.7 Å². The van der Waals surface area contributed by atoms with E-state index < -0.39 is 39.5 Å². The van der Waals surface area contributed by atoms with Crippen LogP contribution >= 0.6 is 0 Å². The van der Waals surface area contributed by atoms with E-state index in [9.17, 15) is 30.8 Å². The van der Waals surface area contributed by atoms with Gasteiger partial charge in [0.2, 0.25) is 15.9 Å². The quantitative estimate of drug-likeness (QED) is 0.521. The van der Waals surface area contributed by atoms with Gasteiger partial charge in [0.05, 0.1) is 17.9 Å². The number of anilines is 2. The molecule has 0 aliphatic carbocycles. The van der Waals surface area contributed by atoms with Gasteiger partial charge >= 0.3 is 6.18 Å². The lowest BCUT2D eigenvalue weighted by Gasteiger charge is -2.24. The van der Waals surface area contributed by atoms with Crippen LogP contribution < -0.4 is 14.9 Å². The monoisotopic (exact) mass is 490 g/mol. The van der Waals surface area contributed by atoms with Crippen LogP contribution in [0.1, 0.15) is 43.5 Å². The minimum Gasteiger partial charge on any atom is -0.357 e. The number of nitrogens with zero attached hydrogens (tertiary/aromatic N) is 2. The molecule has 1 atom stereocenters. The number of para-hydroxylation sites is 1. The number of hydrogen-bond donors (Lipinski definition) is 2. The summed E-state index contributed by atoms with van der Waals surface area (Å²) in [4.78, 5) is 18.2. The summed E-state index contributed by atoms with van der Waals surface area (Å²) in [6, 6.07) is 5.93. The van der Waals surface area contributed by atoms with E-state index in [1.165, 1.54) is 25.1 Å². The third kappa shape index (κ3) is 6.80. The number of hydrogen-bond acceptors (Lipinski definition) is 5. The zero-order chi connectivity index (χ0) is 25.0. The number of rotatable bonds is 9. The fourth-order valence-corrected chi connectivity index (χ4v) is 3.83. The smallest absolute Gasteiger partial charge is 0.357 e. The first-order valence-corrected chi connectivity index (χ1v) is 12.0. The average Bonchev–Trinajstić information content (AvgIpc) is 2.72. The Morgan fingerprint density at radius 3 is 2.33 bits per heavy atom. The molecule has 2 N–H and O–H groups in total. The van der Waals surface area contributed by atoms with Gasteiger partial charge in [-0.15, -0.1) is 0 Å². The molecule has 0 fully saturated rings. The number of carbonyl (C=O) groups excluding carboxylic acids is 1. The van der Waals surface area contributed by atoms with Gasteiger partial charge in [-0.3, -0.25) is 9.52 Å². The highest BCUT2D eigenvalue weighted by molar-refractivity contribution is 7.92. The lowest BCUT2D eigenvalue weighted by atomic mass is 9.98. The van der Waals surface area contributed by atoms with Gasteiger partial charge in [-0.1, -0.05) is 18.2 Å². The Bertz CT molecular complexity index is 1100. The van der Waals surface area contributed by atoms with Gasteiger partial charge in [0, 0.05) is 25.2 Å². The van der Waals surface area contributed by atoms with E-state index in [0.717, 1.165) is 18.4 Å². The second kappa shape index (κ2) is 10.4. The van der Waals surface area contributed by atoms with E-state index in [1.807, 2.05) is 0 Å². The first kappa shape index (κ1) is 26.4. The number of carbonyl (C=O) groups is 1. The van der Waals surface area contributed by atoms with Crippen molar-refractivity contribution in [2.75, 3.05) is 29.0 Å². The van der Waals surface area contributed by atoms with E-state index in [4.69, 9.17) is 0 Å². The summed E-state index contributed by atoms with van der Waals surface area (Å²) < 4.78 is 78.9. The fourth-order valence-electron chi connectivity index (χ4n) is 3.24. The largest absolute Gasteiger partial charge is 0.433 e. The van der Waals surface area contributed by atoms with Crippen LogP contribution in [0.15, 0.2) is 30.3 Å². The number of amides is 1. The van der Waals surface area contributed by atoms with Crippen molar-refractivity contribution >= 4 is 27.4 Å². The molecule has 0 saturated heterocycles. The van der Waals surface area contributed by atoms with Gasteiger partial charge in [-0.05, 0) is 38.5 Å². The molecule has 2 rings (SSSR count). The third-order valence-corrected chi connectivity index (χ3v) is 5.53. The molecule has 1 aromatic carbocycles. The lowest BCUT2D eigenvalue weighted by Crippen LogP contribution is -2.31. The van der Waals surface area contributed by atoms with Crippen molar-refractivity contribution in [2.24, 2.45) is 0 Å². The van der Waals surface area contributed by atoms with Crippen LogP contribution in [0.25, 0.3) is 0 Å². The number of alkyl halides is 3. The molecule has 2 aromatic rings. The Kier molecular flexibility index (Phi) is 8.28. The minimum absolute atomic E-state index is 0.105. The van der Waals surface area contributed by atoms with E-state index >= 15 is 0 Å². The first-order valence-electron chi connectivity index (χ1n) is 10.1. The molecule has 7 nitrogen and oxygen atoms in total. The number of benzene rings is 1. The van der Waals surface area contributed by atoms with Crippen molar-refractivity contribution in [3.63, 3.8) is 0 Å². The summed E-state index contributed by atoms with van der Waals surface area (Å²) in [6.45, 7) is 5.71. The SMILES string of the molecule is CCN(CC)c1nc(C(F)(F)F)ccc1CNC(=O)C(C)c1cccc(F)c1NS(C)(=O)=O. The molecule has 1 heterocycles. The maximum Gasteiger partial charge on any atom is 0.433 e. The van der Waals surface area contributed by atoms with Gasteiger partial charge < -0.3 is 10.2 Å². The molecule has 1 aromatic heterocycles. The molecule has 1 amide bonds. The van der Waals surface area contributed by atoms with E-state index in [1.54, 1.807) is 18.7 Å². The van der Waals surface area contributed by atoms with Crippen molar-refractivity contribution in [3.8, 4) is 0 Å². The van der Waals surface area contributed by atoms with Crippen LogP contribution in [0.4, 0.5) is 29.1 Å². The fraction of sp³-hybridized carbons (Fsp3) is 0.429. The predicted octanol–water partition coefficient (Wildman–Crippen LogP) is 3.88. The number of sulfonamides is 1. The molecule has 0 aliphatic heterocycles. The van der Waals surface area contributed by atoms with Crippen molar-refractivity contribution in [3.05, 3.63) is 53.0 Å². The highest BCUT2D eigenvalue weighted by atomic mass is 32.2. The summed E-state index contributed by atoms with van der Waals surface area (Å²) in [5.41, 5.74) is -0.875. The average molecular weight is 491 g/mol. The van der Waals surface area contributed by atoms with Crippen LogP contribution in [0.3, 0.4) is 0 Å². The Morgan fingerprint density at radius 1 is 1.15 bits per heavy atom. The van der Waals surface area contributed by atoms with Gasteiger partial charge in [0.1, 0.15) is 17.3 Å². The second-order valence-electron chi connectivity index (χ2n) is 7.37.